The summed E-state index contributed by atoms with van der Waals surface area (Å²) in [7, 11) is -1.16. The number of ether oxygens (including phenoxy) is 2. The van der Waals surface area contributed by atoms with E-state index in [2.05, 4.69) is 5.32 Å². The van der Waals surface area contributed by atoms with E-state index in [1.54, 1.807) is 48.5 Å². The second-order valence-corrected chi connectivity index (χ2v) is 9.50. The van der Waals surface area contributed by atoms with Gasteiger partial charge >= 0.3 is 0 Å². The van der Waals surface area contributed by atoms with Gasteiger partial charge < -0.3 is 14.8 Å². The number of anilines is 1. The van der Waals surface area contributed by atoms with Crippen LogP contribution in [0.5, 0.6) is 11.5 Å². The average Bonchev–Trinajstić information content (AvgIpc) is 2.82. The number of nitrogens with zero attached hydrogens (tertiary/aromatic N) is 1. The zero-order valence-corrected chi connectivity index (χ0v) is 20.1. The Bertz CT molecular complexity index is 1230. The maximum absolute atomic E-state index is 13.6. The molecular formula is C24H25ClN2O5S. The third kappa shape index (κ3) is 5.77. The zero-order chi connectivity index (χ0) is 24.0. The normalized spacial score (nSPS) is 11.0. The van der Waals surface area contributed by atoms with Gasteiger partial charge in [0, 0.05) is 17.6 Å². The molecule has 0 unspecified atom stereocenters. The molecule has 33 heavy (non-hydrogen) atoms. The van der Waals surface area contributed by atoms with Gasteiger partial charge in [-0.1, -0.05) is 47.5 Å². The highest BCUT2D eigenvalue weighted by Crippen LogP contribution is 2.35. The fraction of sp³-hybridized carbons (Fsp3) is 0.208. The highest BCUT2D eigenvalue weighted by Gasteiger charge is 2.29. The van der Waals surface area contributed by atoms with E-state index in [-0.39, 0.29) is 22.9 Å². The van der Waals surface area contributed by atoms with Crippen LogP contribution in [0.4, 0.5) is 5.69 Å². The Hall–Kier alpha value is -3.23. The first-order valence-corrected chi connectivity index (χ1v) is 11.9. The Balaban J connectivity index is 1.96. The molecule has 3 aromatic carbocycles. The molecule has 174 valence electrons. The van der Waals surface area contributed by atoms with Gasteiger partial charge in [-0.3, -0.25) is 9.10 Å². The molecule has 3 aromatic rings. The summed E-state index contributed by atoms with van der Waals surface area (Å²) in [6, 6.07) is 18.3. The number of rotatable bonds is 9. The van der Waals surface area contributed by atoms with E-state index in [9.17, 15) is 13.2 Å². The van der Waals surface area contributed by atoms with E-state index in [0.29, 0.717) is 10.8 Å². The minimum absolute atomic E-state index is 0.0601. The predicted molar refractivity (Wildman–Crippen MR) is 129 cm³/mol. The smallest absolute Gasteiger partial charge is 0.264 e. The molecular weight excluding hydrogens is 464 g/mol. The number of methoxy groups -OCH3 is 2. The third-order valence-electron chi connectivity index (χ3n) is 4.99. The number of hydrogen-bond acceptors (Lipinski definition) is 5. The molecule has 9 heteroatoms. The molecule has 7 nitrogen and oxygen atoms in total. The van der Waals surface area contributed by atoms with Crippen molar-refractivity contribution < 1.29 is 22.7 Å². The van der Waals surface area contributed by atoms with E-state index < -0.39 is 22.5 Å². The molecule has 0 spiro atoms. The lowest BCUT2D eigenvalue weighted by molar-refractivity contribution is -0.119. The molecule has 0 aliphatic heterocycles. The SMILES string of the molecule is COc1ccc(N(CC(=O)NCc2ccccc2Cl)S(=O)(=O)c2ccc(C)cc2)c(OC)c1. The Morgan fingerprint density at radius 2 is 1.70 bits per heavy atom. The van der Waals surface area contributed by atoms with Gasteiger partial charge in [-0.25, -0.2) is 8.42 Å². The summed E-state index contributed by atoms with van der Waals surface area (Å²) in [6.45, 7) is 1.57. The number of halogens is 1. The molecule has 0 aromatic heterocycles. The summed E-state index contributed by atoms with van der Waals surface area (Å²) in [4.78, 5) is 12.9. The first-order chi connectivity index (χ1) is 15.8. The van der Waals surface area contributed by atoms with Crippen molar-refractivity contribution in [1.29, 1.82) is 0 Å². The third-order valence-corrected chi connectivity index (χ3v) is 7.13. The maximum atomic E-state index is 13.6. The lowest BCUT2D eigenvalue weighted by Crippen LogP contribution is -2.40. The predicted octanol–water partition coefficient (Wildman–Crippen LogP) is 4.18. The van der Waals surface area contributed by atoms with Gasteiger partial charge in [0.2, 0.25) is 5.91 Å². The largest absolute Gasteiger partial charge is 0.497 e. The standard InChI is InChI=1S/C24H25ClN2O5S/c1-17-8-11-20(12-9-17)33(29,30)27(22-13-10-19(31-2)14-23(22)32-3)16-24(28)26-15-18-6-4-5-7-21(18)25/h4-14H,15-16H2,1-3H3,(H,26,28). The fourth-order valence-corrected chi connectivity index (χ4v) is 4.78. The summed E-state index contributed by atoms with van der Waals surface area (Å²) in [6.07, 6.45) is 0. The van der Waals surface area contributed by atoms with Crippen LogP contribution in [-0.2, 0) is 21.4 Å². The van der Waals surface area contributed by atoms with Crippen LogP contribution >= 0.6 is 11.6 Å². The van der Waals surface area contributed by atoms with E-state index in [1.165, 1.54) is 26.4 Å². The van der Waals surface area contributed by atoms with Crippen LogP contribution in [0.3, 0.4) is 0 Å². The molecule has 0 bridgehead atoms. The Morgan fingerprint density at radius 3 is 2.33 bits per heavy atom. The Morgan fingerprint density at radius 1 is 1.00 bits per heavy atom. The minimum atomic E-state index is -4.08. The zero-order valence-electron chi connectivity index (χ0n) is 18.5. The Labute approximate surface area is 198 Å². The highest BCUT2D eigenvalue weighted by atomic mass is 35.5. The lowest BCUT2D eigenvalue weighted by Gasteiger charge is -2.26. The number of sulfonamides is 1. The van der Waals surface area contributed by atoms with Gasteiger partial charge in [0.15, 0.2) is 0 Å². The molecule has 0 radical (unpaired) electrons. The summed E-state index contributed by atoms with van der Waals surface area (Å²) in [5.74, 6) is 0.249. The van der Waals surface area contributed by atoms with Crippen LogP contribution in [0.2, 0.25) is 5.02 Å². The molecule has 0 atom stereocenters. The summed E-state index contributed by atoms with van der Waals surface area (Å²) < 4.78 is 38.8. The van der Waals surface area contributed by atoms with Crippen molar-refractivity contribution in [2.45, 2.75) is 18.4 Å². The Kier molecular flexibility index (Phi) is 7.84. The van der Waals surface area contributed by atoms with Gasteiger partial charge in [-0.15, -0.1) is 0 Å². The van der Waals surface area contributed by atoms with Crippen LogP contribution < -0.4 is 19.1 Å². The summed E-state index contributed by atoms with van der Waals surface area (Å²) >= 11 is 6.16. The number of carbonyl (C=O) groups excluding carboxylic acids is 1. The average molecular weight is 489 g/mol. The van der Waals surface area contributed by atoms with E-state index in [4.69, 9.17) is 21.1 Å². The van der Waals surface area contributed by atoms with Crippen molar-refractivity contribution in [1.82, 2.24) is 5.32 Å². The number of aryl methyl sites for hydroxylation is 1. The van der Waals surface area contributed by atoms with Crippen LogP contribution in [0.1, 0.15) is 11.1 Å². The van der Waals surface area contributed by atoms with Gasteiger partial charge in [-0.05, 0) is 42.8 Å². The van der Waals surface area contributed by atoms with E-state index in [1.807, 2.05) is 13.0 Å². The van der Waals surface area contributed by atoms with Crippen LogP contribution in [0, 0.1) is 6.92 Å². The van der Waals surface area contributed by atoms with E-state index in [0.717, 1.165) is 15.4 Å². The molecule has 1 amide bonds. The summed E-state index contributed by atoms with van der Waals surface area (Å²) in [5, 5.41) is 3.25. The van der Waals surface area contributed by atoms with E-state index >= 15 is 0 Å². The first kappa shape index (κ1) is 24.4. The number of carbonyl (C=O) groups is 1. The molecule has 1 N–H and O–H groups in total. The number of amides is 1. The van der Waals surface area contributed by atoms with Crippen LogP contribution in [0.15, 0.2) is 71.6 Å². The second-order valence-electron chi connectivity index (χ2n) is 7.23. The van der Waals surface area contributed by atoms with Crippen molar-refractivity contribution in [3.8, 4) is 11.5 Å². The lowest BCUT2D eigenvalue weighted by atomic mass is 10.2. The van der Waals surface area contributed by atoms with Crippen molar-refractivity contribution in [3.05, 3.63) is 82.9 Å². The number of hydrogen-bond donors (Lipinski definition) is 1. The monoisotopic (exact) mass is 488 g/mol. The number of nitrogens with one attached hydrogen (secondary N) is 1. The van der Waals surface area contributed by atoms with Crippen LogP contribution in [-0.4, -0.2) is 35.1 Å². The quantitative estimate of drug-likeness (QED) is 0.488. The van der Waals surface area contributed by atoms with Crippen molar-refractivity contribution in [2.24, 2.45) is 0 Å². The molecule has 0 aliphatic rings. The molecule has 0 saturated heterocycles. The number of benzene rings is 3. The minimum Gasteiger partial charge on any atom is -0.497 e. The fourth-order valence-electron chi connectivity index (χ4n) is 3.15. The van der Waals surface area contributed by atoms with Gasteiger partial charge in [0.1, 0.15) is 18.0 Å². The molecule has 0 fully saturated rings. The highest BCUT2D eigenvalue weighted by molar-refractivity contribution is 7.92. The van der Waals surface area contributed by atoms with Gasteiger partial charge in [0.05, 0.1) is 24.8 Å². The second kappa shape index (κ2) is 10.6. The summed E-state index contributed by atoms with van der Waals surface area (Å²) in [5.41, 5.74) is 1.86. The molecule has 0 heterocycles. The van der Waals surface area contributed by atoms with Crippen molar-refractivity contribution >= 4 is 33.2 Å². The van der Waals surface area contributed by atoms with Crippen LogP contribution in [0.25, 0.3) is 0 Å². The first-order valence-electron chi connectivity index (χ1n) is 10.1. The topological polar surface area (TPSA) is 84.9 Å². The molecule has 0 saturated carbocycles. The molecule has 0 aliphatic carbocycles. The molecule has 3 rings (SSSR count). The van der Waals surface area contributed by atoms with Crippen molar-refractivity contribution in [2.75, 3.05) is 25.1 Å². The van der Waals surface area contributed by atoms with Crippen molar-refractivity contribution in [3.63, 3.8) is 0 Å². The van der Waals surface area contributed by atoms with Gasteiger partial charge in [-0.2, -0.15) is 0 Å². The maximum Gasteiger partial charge on any atom is 0.264 e. The van der Waals surface area contributed by atoms with Gasteiger partial charge in [0.25, 0.3) is 10.0 Å².